The SMILES string of the molecule is O=C(NCc1ccccc1)[C@H](Cc1ccccc1)[C@@H](O)C1CCCCC1. The Kier molecular flexibility index (Phi) is 6.84. The van der Waals surface area contributed by atoms with Crippen LogP contribution in [0.2, 0.25) is 0 Å². The van der Waals surface area contributed by atoms with Crippen LogP contribution in [0.25, 0.3) is 0 Å². The summed E-state index contributed by atoms with van der Waals surface area (Å²) in [5, 5.41) is 14.0. The summed E-state index contributed by atoms with van der Waals surface area (Å²) >= 11 is 0. The van der Waals surface area contributed by atoms with E-state index >= 15 is 0 Å². The highest BCUT2D eigenvalue weighted by atomic mass is 16.3. The predicted octanol–water partition coefficient (Wildman–Crippen LogP) is 4.10. The van der Waals surface area contributed by atoms with Crippen molar-refractivity contribution in [3.8, 4) is 0 Å². The van der Waals surface area contributed by atoms with Crippen LogP contribution in [0.5, 0.6) is 0 Å². The molecular weight excluding hydrogens is 322 g/mol. The molecular formula is C23H29NO2. The van der Waals surface area contributed by atoms with Crippen LogP contribution < -0.4 is 5.32 Å². The first-order chi connectivity index (χ1) is 12.7. The Morgan fingerprint density at radius 3 is 2.12 bits per heavy atom. The lowest BCUT2D eigenvalue weighted by Crippen LogP contribution is -2.42. The van der Waals surface area contributed by atoms with E-state index in [1.807, 2.05) is 60.7 Å². The highest BCUT2D eigenvalue weighted by molar-refractivity contribution is 5.79. The van der Waals surface area contributed by atoms with E-state index < -0.39 is 12.0 Å². The van der Waals surface area contributed by atoms with E-state index in [2.05, 4.69) is 5.32 Å². The number of hydrogen-bond donors (Lipinski definition) is 2. The molecule has 3 rings (SSSR count). The van der Waals surface area contributed by atoms with Crippen molar-refractivity contribution in [2.75, 3.05) is 0 Å². The molecule has 1 aliphatic rings. The molecule has 0 spiro atoms. The van der Waals surface area contributed by atoms with E-state index in [9.17, 15) is 9.90 Å². The fourth-order valence-corrected chi connectivity index (χ4v) is 3.96. The molecule has 3 heteroatoms. The minimum atomic E-state index is -0.578. The molecule has 0 radical (unpaired) electrons. The van der Waals surface area contributed by atoms with E-state index in [4.69, 9.17) is 0 Å². The van der Waals surface area contributed by atoms with Crippen molar-refractivity contribution in [3.63, 3.8) is 0 Å². The Morgan fingerprint density at radius 2 is 1.50 bits per heavy atom. The van der Waals surface area contributed by atoms with Crippen LogP contribution in [0, 0.1) is 11.8 Å². The second-order valence-electron chi connectivity index (χ2n) is 7.39. The fraction of sp³-hybridized carbons (Fsp3) is 0.435. The van der Waals surface area contributed by atoms with Gasteiger partial charge >= 0.3 is 0 Å². The summed E-state index contributed by atoms with van der Waals surface area (Å²) in [6, 6.07) is 19.9. The molecule has 2 atom stereocenters. The average Bonchev–Trinajstić information content (AvgIpc) is 2.72. The summed E-state index contributed by atoms with van der Waals surface area (Å²) in [4.78, 5) is 12.9. The third-order valence-electron chi connectivity index (χ3n) is 5.49. The average molecular weight is 351 g/mol. The van der Waals surface area contributed by atoms with Gasteiger partial charge in [0.05, 0.1) is 12.0 Å². The second kappa shape index (κ2) is 9.54. The summed E-state index contributed by atoms with van der Waals surface area (Å²) < 4.78 is 0. The van der Waals surface area contributed by atoms with Gasteiger partial charge in [0.25, 0.3) is 0 Å². The Bertz CT molecular complexity index is 665. The number of amides is 1. The normalized spacial score (nSPS) is 17.4. The van der Waals surface area contributed by atoms with Gasteiger partial charge in [0.15, 0.2) is 0 Å². The number of aliphatic hydroxyl groups is 1. The Hall–Kier alpha value is -2.13. The molecule has 26 heavy (non-hydrogen) atoms. The second-order valence-corrected chi connectivity index (χ2v) is 7.39. The molecule has 2 N–H and O–H groups in total. The highest BCUT2D eigenvalue weighted by Crippen LogP contribution is 2.31. The molecule has 1 aliphatic carbocycles. The maximum absolute atomic E-state index is 12.9. The third kappa shape index (κ3) is 5.18. The molecule has 0 aliphatic heterocycles. The van der Waals surface area contributed by atoms with E-state index in [1.54, 1.807) is 0 Å². The Morgan fingerprint density at radius 1 is 0.923 bits per heavy atom. The van der Waals surface area contributed by atoms with E-state index in [0.29, 0.717) is 13.0 Å². The van der Waals surface area contributed by atoms with E-state index in [1.165, 1.54) is 6.42 Å². The van der Waals surface area contributed by atoms with Crippen molar-refractivity contribution in [1.82, 2.24) is 5.32 Å². The van der Waals surface area contributed by atoms with Gasteiger partial charge in [-0.1, -0.05) is 79.9 Å². The van der Waals surface area contributed by atoms with Crippen LogP contribution in [0.3, 0.4) is 0 Å². The molecule has 0 unspecified atom stereocenters. The summed E-state index contributed by atoms with van der Waals surface area (Å²) in [7, 11) is 0. The van der Waals surface area contributed by atoms with Gasteiger partial charge in [-0.15, -0.1) is 0 Å². The lowest BCUT2D eigenvalue weighted by Gasteiger charge is -2.32. The van der Waals surface area contributed by atoms with E-state index in [-0.39, 0.29) is 11.8 Å². The van der Waals surface area contributed by atoms with Crippen molar-refractivity contribution in [2.45, 2.75) is 51.2 Å². The van der Waals surface area contributed by atoms with Gasteiger partial charge in [-0.25, -0.2) is 0 Å². The van der Waals surface area contributed by atoms with Gasteiger partial charge in [-0.05, 0) is 36.3 Å². The summed E-state index contributed by atoms with van der Waals surface area (Å²) in [6.45, 7) is 0.502. The number of nitrogens with one attached hydrogen (secondary N) is 1. The maximum atomic E-state index is 12.9. The van der Waals surface area contributed by atoms with Crippen LogP contribution in [0.4, 0.5) is 0 Å². The minimum absolute atomic E-state index is 0.0456. The molecule has 3 nitrogen and oxygen atoms in total. The van der Waals surface area contributed by atoms with Gasteiger partial charge in [-0.3, -0.25) is 4.79 Å². The van der Waals surface area contributed by atoms with Gasteiger partial charge in [-0.2, -0.15) is 0 Å². The van der Waals surface area contributed by atoms with Crippen molar-refractivity contribution >= 4 is 5.91 Å². The molecule has 2 aromatic rings. The number of benzene rings is 2. The number of aliphatic hydroxyl groups excluding tert-OH is 1. The lowest BCUT2D eigenvalue weighted by molar-refractivity contribution is -0.130. The standard InChI is InChI=1S/C23H29NO2/c25-22(20-14-8-3-9-15-20)21(16-18-10-4-1-5-11-18)23(26)24-17-19-12-6-2-7-13-19/h1-2,4-7,10-13,20-22,25H,3,8-9,14-17H2,(H,24,26)/t21-,22+/m1/s1. The molecule has 1 fully saturated rings. The lowest BCUT2D eigenvalue weighted by atomic mass is 9.78. The predicted molar refractivity (Wildman–Crippen MR) is 105 cm³/mol. The van der Waals surface area contributed by atoms with Gasteiger partial charge < -0.3 is 10.4 Å². The van der Waals surface area contributed by atoms with Gasteiger partial charge in [0.1, 0.15) is 0 Å². The first-order valence-corrected chi connectivity index (χ1v) is 9.77. The van der Waals surface area contributed by atoms with Crippen molar-refractivity contribution in [1.29, 1.82) is 0 Å². The molecule has 1 amide bonds. The molecule has 0 heterocycles. The summed E-state index contributed by atoms with van der Waals surface area (Å²) in [6.07, 6.45) is 5.62. The molecule has 138 valence electrons. The Balaban J connectivity index is 1.69. The van der Waals surface area contributed by atoms with Crippen LogP contribution in [-0.4, -0.2) is 17.1 Å². The first-order valence-electron chi connectivity index (χ1n) is 9.77. The van der Waals surface area contributed by atoms with Crippen LogP contribution in [0.15, 0.2) is 60.7 Å². The fourth-order valence-electron chi connectivity index (χ4n) is 3.96. The maximum Gasteiger partial charge on any atom is 0.226 e. The number of carbonyl (C=O) groups is 1. The molecule has 0 aromatic heterocycles. The van der Waals surface area contributed by atoms with E-state index in [0.717, 1.165) is 36.8 Å². The van der Waals surface area contributed by atoms with Crippen LogP contribution in [0.1, 0.15) is 43.2 Å². The third-order valence-corrected chi connectivity index (χ3v) is 5.49. The quantitative estimate of drug-likeness (QED) is 0.789. The zero-order valence-electron chi connectivity index (χ0n) is 15.3. The monoisotopic (exact) mass is 351 g/mol. The van der Waals surface area contributed by atoms with Crippen molar-refractivity contribution < 1.29 is 9.90 Å². The van der Waals surface area contributed by atoms with Crippen molar-refractivity contribution in [3.05, 3.63) is 71.8 Å². The first kappa shape index (κ1) is 18.7. The molecule has 0 saturated heterocycles. The van der Waals surface area contributed by atoms with Crippen LogP contribution >= 0.6 is 0 Å². The molecule has 0 bridgehead atoms. The summed E-state index contributed by atoms with van der Waals surface area (Å²) in [5.41, 5.74) is 2.17. The Labute approximate surface area is 156 Å². The molecule has 2 aromatic carbocycles. The topological polar surface area (TPSA) is 49.3 Å². The van der Waals surface area contributed by atoms with Gasteiger partial charge in [0, 0.05) is 6.54 Å². The zero-order chi connectivity index (χ0) is 18.2. The molecule has 1 saturated carbocycles. The number of hydrogen-bond acceptors (Lipinski definition) is 2. The smallest absolute Gasteiger partial charge is 0.226 e. The highest BCUT2D eigenvalue weighted by Gasteiger charge is 2.33. The number of rotatable bonds is 7. The number of carbonyl (C=O) groups excluding carboxylic acids is 1. The largest absolute Gasteiger partial charge is 0.392 e. The zero-order valence-corrected chi connectivity index (χ0v) is 15.3. The van der Waals surface area contributed by atoms with Crippen LogP contribution in [-0.2, 0) is 17.8 Å². The minimum Gasteiger partial charge on any atom is -0.392 e. The van der Waals surface area contributed by atoms with Gasteiger partial charge in [0.2, 0.25) is 5.91 Å². The van der Waals surface area contributed by atoms with Crippen molar-refractivity contribution in [2.24, 2.45) is 11.8 Å². The summed E-state index contributed by atoms with van der Waals surface area (Å²) in [5.74, 6) is -0.208.